The molecule has 0 bridgehead atoms. The van der Waals surface area contributed by atoms with E-state index < -0.39 is 0 Å². The van der Waals surface area contributed by atoms with Crippen molar-refractivity contribution in [1.29, 1.82) is 0 Å². The molecule has 0 spiro atoms. The van der Waals surface area contributed by atoms with Crippen LogP contribution in [0.4, 0.5) is 0 Å². The van der Waals surface area contributed by atoms with Crippen LogP contribution in [0, 0.1) is 6.92 Å². The van der Waals surface area contributed by atoms with Crippen molar-refractivity contribution in [2.45, 2.75) is 32.9 Å². The Labute approximate surface area is 77.2 Å². The summed E-state index contributed by atoms with van der Waals surface area (Å²) in [6.07, 6.45) is -0.369. The second-order valence-corrected chi connectivity index (χ2v) is 3.14. The second-order valence-electron chi connectivity index (χ2n) is 3.14. The van der Waals surface area contributed by atoms with E-state index in [0.717, 1.165) is 0 Å². The Morgan fingerprint density at radius 2 is 2.15 bits per heavy atom. The number of rotatable bonds is 4. The number of aromatic nitrogens is 2. The van der Waals surface area contributed by atoms with Gasteiger partial charge in [-0.3, -0.25) is 0 Å². The maximum Gasteiger partial charge on any atom is 0.233 e. The molecule has 74 valence electrons. The molecule has 2 atom stereocenters. The van der Waals surface area contributed by atoms with Crippen LogP contribution in [-0.4, -0.2) is 28.0 Å². The highest BCUT2D eigenvalue weighted by atomic mass is 16.4. The molecule has 1 unspecified atom stereocenters. The molecule has 0 radical (unpaired) electrons. The van der Waals surface area contributed by atoms with Gasteiger partial charge >= 0.3 is 0 Å². The molecule has 0 amide bonds. The van der Waals surface area contributed by atoms with Crippen molar-refractivity contribution >= 4 is 0 Å². The number of nitrogens with zero attached hydrogens (tertiary/aromatic N) is 2. The van der Waals surface area contributed by atoms with Gasteiger partial charge in [0, 0.05) is 13.5 Å². The summed E-state index contributed by atoms with van der Waals surface area (Å²) in [5.41, 5.74) is 0. The van der Waals surface area contributed by atoms with Gasteiger partial charge in [0.05, 0.1) is 12.1 Å². The van der Waals surface area contributed by atoms with Crippen LogP contribution in [-0.2, 0) is 0 Å². The number of nitrogens with one attached hydrogen (secondary N) is 1. The SMILES string of the molecule is Cc1nnc(C(C)NC[C@H](C)O)o1. The molecule has 2 N–H and O–H groups in total. The Balaban J connectivity index is 2.44. The minimum absolute atomic E-state index is 0.0178. The number of aliphatic hydroxyl groups is 1. The predicted octanol–water partition coefficient (Wildman–Crippen LogP) is 0.409. The smallest absolute Gasteiger partial charge is 0.233 e. The Hall–Kier alpha value is -0.940. The van der Waals surface area contributed by atoms with Gasteiger partial charge in [-0.2, -0.15) is 0 Å². The van der Waals surface area contributed by atoms with E-state index >= 15 is 0 Å². The molecular weight excluding hydrogens is 170 g/mol. The zero-order valence-electron chi connectivity index (χ0n) is 8.11. The summed E-state index contributed by atoms with van der Waals surface area (Å²) < 4.78 is 5.21. The summed E-state index contributed by atoms with van der Waals surface area (Å²) in [6, 6.07) is -0.0178. The standard InChI is InChI=1S/C8H15N3O2/c1-5(12)4-9-6(2)8-11-10-7(3)13-8/h5-6,9,12H,4H2,1-3H3/t5-,6?/m0/s1. The lowest BCUT2D eigenvalue weighted by Gasteiger charge is -2.10. The van der Waals surface area contributed by atoms with Crippen molar-refractivity contribution in [3.8, 4) is 0 Å². The highest BCUT2D eigenvalue weighted by molar-refractivity contribution is 4.86. The van der Waals surface area contributed by atoms with Crippen molar-refractivity contribution in [2.75, 3.05) is 6.54 Å². The first-order valence-corrected chi connectivity index (χ1v) is 4.31. The first kappa shape index (κ1) is 10.1. The molecule has 0 saturated heterocycles. The van der Waals surface area contributed by atoms with Gasteiger partial charge in [0.2, 0.25) is 11.8 Å². The van der Waals surface area contributed by atoms with Gasteiger partial charge in [-0.1, -0.05) is 0 Å². The molecule has 5 heteroatoms. The molecule has 0 aliphatic heterocycles. The molecule has 1 heterocycles. The van der Waals surface area contributed by atoms with Gasteiger partial charge in [-0.05, 0) is 13.8 Å². The molecule has 1 rings (SSSR count). The summed E-state index contributed by atoms with van der Waals surface area (Å²) in [7, 11) is 0. The van der Waals surface area contributed by atoms with Crippen LogP contribution >= 0.6 is 0 Å². The van der Waals surface area contributed by atoms with Crippen LogP contribution in [0.3, 0.4) is 0 Å². The zero-order chi connectivity index (χ0) is 9.84. The van der Waals surface area contributed by atoms with Gasteiger partial charge in [0.15, 0.2) is 0 Å². The average Bonchev–Trinajstić information content (AvgIpc) is 2.47. The lowest BCUT2D eigenvalue weighted by Crippen LogP contribution is -2.27. The third-order valence-corrected chi connectivity index (χ3v) is 1.63. The van der Waals surface area contributed by atoms with Crippen LogP contribution in [0.5, 0.6) is 0 Å². The Kier molecular flexibility index (Phi) is 3.39. The molecule has 0 saturated carbocycles. The summed E-state index contributed by atoms with van der Waals surface area (Å²) in [5.74, 6) is 1.11. The number of hydrogen-bond acceptors (Lipinski definition) is 5. The quantitative estimate of drug-likeness (QED) is 0.711. The molecular formula is C8H15N3O2. The van der Waals surface area contributed by atoms with Crippen molar-refractivity contribution in [3.63, 3.8) is 0 Å². The summed E-state index contributed by atoms with van der Waals surface area (Å²) in [4.78, 5) is 0. The molecule has 5 nitrogen and oxygen atoms in total. The number of hydrogen-bond donors (Lipinski definition) is 2. The fourth-order valence-electron chi connectivity index (χ4n) is 0.921. The van der Waals surface area contributed by atoms with Crippen molar-refractivity contribution in [1.82, 2.24) is 15.5 Å². The Morgan fingerprint density at radius 3 is 2.62 bits per heavy atom. The van der Waals surface area contributed by atoms with E-state index in [1.54, 1.807) is 13.8 Å². The van der Waals surface area contributed by atoms with Crippen LogP contribution in [0.25, 0.3) is 0 Å². The lowest BCUT2D eigenvalue weighted by atomic mass is 10.3. The van der Waals surface area contributed by atoms with Crippen LogP contribution in [0.15, 0.2) is 4.42 Å². The predicted molar refractivity (Wildman–Crippen MR) is 47.1 cm³/mol. The molecule has 1 aromatic heterocycles. The normalized spacial score (nSPS) is 15.7. The van der Waals surface area contributed by atoms with Gasteiger partial charge in [-0.25, -0.2) is 0 Å². The van der Waals surface area contributed by atoms with Crippen molar-refractivity contribution in [3.05, 3.63) is 11.8 Å². The van der Waals surface area contributed by atoms with Gasteiger partial charge in [0.25, 0.3) is 0 Å². The van der Waals surface area contributed by atoms with E-state index in [4.69, 9.17) is 9.52 Å². The second kappa shape index (κ2) is 4.34. The maximum absolute atomic E-state index is 9.02. The third-order valence-electron chi connectivity index (χ3n) is 1.63. The monoisotopic (exact) mass is 185 g/mol. The molecule has 0 aromatic carbocycles. The highest BCUT2D eigenvalue weighted by Gasteiger charge is 2.11. The minimum Gasteiger partial charge on any atom is -0.424 e. The van der Waals surface area contributed by atoms with E-state index in [1.165, 1.54) is 0 Å². The van der Waals surface area contributed by atoms with Gasteiger partial charge in [-0.15, -0.1) is 10.2 Å². The number of aliphatic hydroxyl groups excluding tert-OH is 1. The third kappa shape index (κ3) is 3.12. The van der Waals surface area contributed by atoms with Crippen LogP contribution in [0.2, 0.25) is 0 Å². The first-order valence-electron chi connectivity index (χ1n) is 4.31. The largest absolute Gasteiger partial charge is 0.424 e. The van der Waals surface area contributed by atoms with Gasteiger partial charge < -0.3 is 14.8 Å². The fraction of sp³-hybridized carbons (Fsp3) is 0.750. The molecule has 13 heavy (non-hydrogen) atoms. The topological polar surface area (TPSA) is 71.2 Å². The van der Waals surface area contributed by atoms with Gasteiger partial charge in [0.1, 0.15) is 0 Å². The summed E-state index contributed by atoms with van der Waals surface area (Å²) in [5, 5.41) is 19.7. The molecule has 0 aliphatic rings. The lowest BCUT2D eigenvalue weighted by molar-refractivity contribution is 0.184. The summed E-state index contributed by atoms with van der Waals surface area (Å²) >= 11 is 0. The van der Waals surface area contributed by atoms with Crippen LogP contribution in [0.1, 0.15) is 31.7 Å². The molecule has 0 fully saturated rings. The molecule has 0 aliphatic carbocycles. The Bertz CT molecular complexity index is 260. The van der Waals surface area contributed by atoms with Crippen LogP contribution < -0.4 is 5.32 Å². The van der Waals surface area contributed by atoms with E-state index in [-0.39, 0.29) is 12.1 Å². The molecule has 1 aromatic rings. The number of aryl methyl sites for hydroxylation is 1. The first-order chi connectivity index (χ1) is 6.09. The zero-order valence-corrected chi connectivity index (χ0v) is 8.11. The average molecular weight is 185 g/mol. The Morgan fingerprint density at radius 1 is 1.46 bits per heavy atom. The van der Waals surface area contributed by atoms with Crippen molar-refractivity contribution < 1.29 is 9.52 Å². The van der Waals surface area contributed by atoms with Crippen molar-refractivity contribution in [2.24, 2.45) is 0 Å². The van der Waals surface area contributed by atoms with E-state index in [0.29, 0.717) is 18.3 Å². The van der Waals surface area contributed by atoms with E-state index in [1.807, 2.05) is 6.92 Å². The minimum atomic E-state index is -0.369. The fourth-order valence-corrected chi connectivity index (χ4v) is 0.921. The maximum atomic E-state index is 9.02. The van der Waals surface area contributed by atoms with E-state index in [9.17, 15) is 0 Å². The highest BCUT2D eigenvalue weighted by Crippen LogP contribution is 2.09. The summed E-state index contributed by atoms with van der Waals surface area (Å²) in [6.45, 7) is 5.90. The van der Waals surface area contributed by atoms with E-state index in [2.05, 4.69) is 15.5 Å².